The van der Waals surface area contributed by atoms with Crippen molar-refractivity contribution >= 4 is 11.1 Å². The van der Waals surface area contributed by atoms with Gasteiger partial charge < -0.3 is 4.52 Å². The van der Waals surface area contributed by atoms with Gasteiger partial charge in [-0.3, -0.25) is 0 Å². The second-order valence-electron chi connectivity index (χ2n) is 4.31. The maximum Gasteiger partial charge on any atom is 0.207 e. The van der Waals surface area contributed by atoms with Gasteiger partial charge in [0, 0.05) is 5.92 Å². The van der Waals surface area contributed by atoms with Crippen LogP contribution in [0.4, 0.5) is 0 Å². The third-order valence-corrected chi connectivity index (χ3v) is 2.40. The largest absolute Gasteiger partial charge is 0.352 e. The fourth-order valence-corrected chi connectivity index (χ4v) is 1.59. The van der Waals surface area contributed by atoms with Gasteiger partial charge >= 0.3 is 0 Å². The molecule has 15 heavy (non-hydrogen) atoms. The van der Waals surface area contributed by atoms with Gasteiger partial charge in [0.2, 0.25) is 5.58 Å². The lowest BCUT2D eigenvalue weighted by Crippen LogP contribution is -1.95. The first kappa shape index (κ1) is 10.1. The van der Waals surface area contributed by atoms with E-state index in [9.17, 15) is 0 Å². The average molecular weight is 205 g/mol. The Bertz CT molecular complexity index is 474. The van der Waals surface area contributed by atoms with E-state index in [2.05, 4.69) is 42.8 Å². The normalized spacial score (nSPS) is 11.9. The highest BCUT2D eigenvalue weighted by atomic mass is 16.5. The van der Waals surface area contributed by atoms with Gasteiger partial charge in [0.1, 0.15) is 17.5 Å². The summed E-state index contributed by atoms with van der Waals surface area (Å²) < 4.78 is 5.33. The number of fused-ring (bicyclic) bond motifs is 1. The quantitative estimate of drug-likeness (QED) is 0.756. The van der Waals surface area contributed by atoms with E-state index in [0.29, 0.717) is 11.8 Å². The third-order valence-electron chi connectivity index (χ3n) is 2.40. The number of hydrogen-bond donors (Lipinski definition) is 0. The Morgan fingerprint density at radius 3 is 2.27 bits per heavy atom. The Kier molecular flexibility index (Phi) is 2.42. The molecule has 2 heterocycles. The van der Waals surface area contributed by atoms with Gasteiger partial charge in [-0.15, -0.1) is 0 Å². The van der Waals surface area contributed by atoms with E-state index in [1.54, 1.807) is 6.33 Å². The highest BCUT2D eigenvalue weighted by Crippen LogP contribution is 2.27. The van der Waals surface area contributed by atoms with Crippen LogP contribution in [0, 0.1) is 0 Å². The predicted molar refractivity (Wildman–Crippen MR) is 57.8 cm³/mol. The first-order valence-corrected chi connectivity index (χ1v) is 5.21. The molecule has 0 N–H and O–H groups in total. The van der Waals surface area contributed by atoms with E-state index in [4.69, 9.17) is 4.52 Å². The van der Waals surface area contributed by atoms with E-state index < -0.39 is 0 Å². The van der Waals surface area contributed by atoms with Crippen LogP contribution in [-0.2, 0) is 0 Å². The van der Waals surface area contributed by atoms with Crippen LogP contribution in [0.15, 0.2) is 10.9 Å². The molecule has 2 aromatic rings. The molecule has 80 valence electrons. The summed E-state index contributed by atoms with van der Waals surface area (Å²) in [4.78, 5) is 8.47. The zero-order valence-corrected chi connectivity index (χ0v) is 9.48. The molecule has 0 aliphatic heterocycles. The summed E-state index contributed by atoms with van der Waals surface area (Å²) in [5.74, 6) is 0.643. The highest BCUT2D eigenvalue weighted by Gasteiger charge is 2.17. The Labute approximate surface area is 88.7 Å². The Morgan fingerprint density at radius 1 is 1.00 bits per heavy atom. The zero-order valence-electron chi connectivity index (χ0n) is 9.48. The minimum atomic E-state index is 0.321. The van der Waals surface area contributed by atoms with E-state index in [0.717, 1.165) is 22.5 Å². The fourth-order valence-electron chi connectivity index (χ4n) is 1.59. The molecule has 0 aromatic carbocycles. The molecule has 0 aliphatic carbocycles. The summed E-state index contributed by atoms with van der Waals surface area (Å²) in [6.07, 6.45) is 1.58. The van der Waals surface area contributed by atoms with Crippen molar-refractivity contribution in [2.45, 2.75) is 39.5 Å². The van der Waals surface area contributed by atoms with Crippen molar-refractivity contribution < 1.29 is 4.52 Å². The number of hydrogen-bond acceptors (Lipinski definition) is 4. The molecule has 0 saturated heterocycles. The van der Waals surface area contributed by atoms with Crippen LogP contribution in [0.2, 0.25) is 0 Å². The average Bonchev–Trinajstić information content (AvgIpc) is 2.59. The van der Waals surface area contributed by atoms with Crippen LogP contribution in [0.1, 0.15) is 50.9 Å². The molecule has 0 fully saturated rings. The summed E-state index contributed by atoms with van der Waals surface area (Å²) in [5, 5.41) is 4.06. The minimum Gasteiger partial charge on any atom is -0.352 e. The van der Waals surface area contributed by atoms with Crippen molar-refractivity contribution in [3.63, 3.8) is 0 Å². The van der Waals surface area contributed by atoms with Gasteiger partial charge in [0.15, 0.2) is 0 Å². The lowest BCUT2D eigenvalue weighted by atomic mass is 10.1. The summed E-state index contributed by atoms with van der Waals surface area (Å²) >= 11 is 0. The SMILES string of the molecule is CC(C)c1noc2c(C(C)C)ncnc12. The molecule has 0 atom stereocenters. The first-order valence-electron chi connectivity index (χ1n) is 5.21. The van der Waals surface area contributed by atoms with Crippen LogP contribution >= 0.6 is 0 Å². The molecular weight excluding hydrogens is 190 g/mol. The highest BCUT2D eigenvalue weighted by molar-refractivity contribution is 5.77. The van der Waals surface area contributed by atoms with Crippen molar-refractivity contribution in [2.75, 3.05) is 0 Å². The lowest BCUT2D eigenvalue weighted by Gasteiger charge is -2.02. The Balaban J connectivity index is 2.69. The maximum absolute atomic E-state index is 5.33. The topological polar surface area (TPSA) is 51.8 Å². The van der Waals surface area contributed by atoms with Crippen LogP contribution in [-0.4, -0.2) is 15.1 Å². The lowest BCUT2D eigenvalue weighted by molar-refractivity contribution is 0.437. The molecule has 2 rings (SSSR count). The first-order chi connectivity index (χ1) is 7.11. The number of nitrogens with zero attached hydrogens (tertiary/aromatic N) is 3. The summed E-state index contributed by atoms with van der Waals surface area (Å²) in [5.41, 5.74) is 3.42. The van der Waals surface area contributed by atoms with Crippen molar-refractivity contribution in [2.24, 2.45) is 0 Å². The van der Waals surface area contributed by atoms with Gasteiger partial charge in [-0.2, -0.15) is 0 Å². The van der Waals surface area contributed by atoms with Gasteiger partial charge in [-0.05, 0) is 5.92 Å². The molecule has 0 unspecified atom stereocenters. The standard InChI is InChI=1S/C11H15N3O/c1-6(2)8-10-11(15-14-8)9(7(3)4)12-5-13-10/h5-7H,1-4H3. The van der Waals surface area contributed by atoms with Crippen molar-refractivity contribution in [3.8, 4) is 0 Å². The molecule has 0 aliphatic rings. The monoisotopic (exact) mass is 205 g/mol. The summed E-state index contributed by atoms with van der Waals surface area (Å²) in [6, 6.07) is 0. The third kappa shape index (κ3) is 1.60. The summed E-state index contributed by atoms with van der Waals surface area (Å²) in [7, 11) is 0. The van der Waals surface area contributed by atoms with E-state index in [1.807, 2.05) is 0 Å². The molecule has 0 spiro atoms. The van der Waals surface area contributed by atoms with Gasteiger partial charge in [-0.1, -0.05) is 32.9 Å². The molecule has 0 saturated carbocycles. The molecule has 0 amide bonds. The second-order valence-corrected chi connectivity index (χ2v) is 4.31. The van der Waals surface area contributed by atoms with Crippen molar-refractivity contribution in [1.29, 1.82) is 0 Å². The van der Waals surface area contributed by atoms with Gasteiger partial charge in [0.25, 0.3) is 0 Å². The molecule has 4 heteroatoms. The van der Waals surface area contributed by atoms with Gasteiger partial charge in [-0.25, -0.2) is 9.97 Å². The van der Waals surface area contributed by atoms with Crippen LogP contribution < -0.4 is 0 Å². The predicted octanol–water partition coefficient (Wildman–Crippen LogP) is 2.86. The molecular formula is C11H15N3O. The Hall–Kier alpha value is -1.45. The van der Waals surface area contributed by atoms with Crippen LogP contribution in [0.3, 0.4) is 0 Å². The van der Waals surface area contributed by atoms with Crippen molar-refractivity contribution in [1.82, 2.24) is 15.1 Å². The van der Waals surface area contributed by atoms with Crippen molar-refractivity contribution in [3.05, 3.63) is 17.7 Å². The summed E-state index contributed by atoms with van der Waals surface area (Å²) in [6.45, 7) is 8.32. The van der Waals surface area contributed by atoms with E-state index in [1.165, 1.54) is 0 Å². The fraction of sp³-hybridized carbons (Fsp3) is 0.545. The molecule has 0 bridgehead atoms. The van der Waals surface area contributed by atoms with Crippen LogP contribution in [0.5, 0.6) is 0 Å². The van der Waals surface area contributed by atoms with Crippen LogP contribution in [0.25, 0.3) is 11.1 Å². The minimum absolute atomic E-state index is 0.321. The zero-order chi connectivity index (χ0) is 11.0. The molecule has 2 aromatic heterocycles. The Morgan fingerprint density at radius 2 is 1.67 bits per heavy atom. The molecule has 0 radical (unpaired) electrons. The van der Waals surface area contributed by atoms with Gasteiger partial charge in [0.05, 0.1) is 5.69 Å². The number of rotatable bonds is 2. The smallest absolute Gasteiger partial charge is 0.207 e. The second kappa shape index (κ2) is 3.61. The maximum atomic E-state index is 5.33. The van der Waals surface area contributed by atoms with E-state index >= 15 is 0 Å². The molecule has 4 nitrogen and oxygen atoms in total. The van der Waals surface area contributed by atoms with E-state index in [-0.39, 0.29) is 0 Å². The number of aromatic nitrogens is 3.